The number of rotatable bonds is 4. The number of hydrogen-bond donors (Lipinski definition) is 0. The van der Waals surface area contributed by atoms with Crippen LogP contribution in [-0.2, 0) is 9.53 Å². The SMILES string of the molecule is Cc1ccc(-c2ccc(/C=C/C(=O)OC3CCCCC3)cc2)cc1. The lowest BCUT2D eigenvalue weighted by Gasteiger charge is -2.20. The highest BCUT2D eigenvalue weighted by atomic mass is 16.5. The van der Waals surface area contributed by atoms with Crippen molar-refractivity contribution >= 4 is 12.0 Å². The van der Waals surface area contributed by atoms with Crippen LogP contribution in [0.3, 0.4) is 0 Å². The van der Waals surface area contributed by atoms with Crippen LogP contribution in [0.2, 0.25) is 0 Å². The Labute approximate surface area is 144 Å². The highest BCUT2D eigenvalue weighted by Crippen LogP contribution is 2.22. The van der Waals surface area contributed by atoms with Gasteiger partial charge in [-0.1, -0.05) is 60.5 Å². The van der Waals surface area contributed by atoms with Crippen molar-refractivity contribution in [2.24, 2.45) is 0 Å². The molecule has 2 aromatic rings. The van der Waals surface area contributed by atoms with Crippen molar-refractivity contribution in [2.45, 2.75) is 45.1 Å². The number of esters is 1. The standard InChI is InChI=1S/C22H24O2/c1-17-7-12-19(13-8-17)20-14-9-18(10-15-20)11-16-22(23)24-21-5-3-2-4-6-21/h7-16,21H,2-6H2,1H3/b16-11+. The molecule has 24 heavy (non-hydrogen) atoms. The van der Waals surface area contributed by atoms with E-state index in [0.717, 1.165) is 18.4 Å². The molecule has 2 nitrogen and oxygen atoms in total. The molecule has 1 aliphatic rings. The van der Waals surface area contributed by atoms with E-state index in [1.165, 1.54) is 42.0 Å². The molecule has 1 fully saturated rings. The minimum atomic E-state index is -0.232. The molecule has 0 bridgehead atoms. The molecule has 0 unspecified atom stereocenters. The fraction of sp³-hybridized carbons (Fsp3) is 0.318. The first kappa shape index (κ1) is 16.5. The fourth-order valence-electron chi connectivity index (χ4n) is 3.08. The lowest BCUT2D eigenvalue weighted by molar-refractivity contribution is -0.144. The first-order valence-corrected chi connectivity index (χ1v) is 8.76. The molecule has 0 amide bonds. The Morgan fingerprint density at radius 2 is 1.50 bits per heavy atom. The zero-order valence-electron chi connectivity index (χ0n) is 14.2. The second kappa shape index (κ2) is 7.96. The summed E-state index contributed by atoms with van der Waals surface area (Å²) in [6.45, 7) is 2.09. The third-order valence-electron chi connectivity index (χ3n) is 4.54. The lowest BCUT2D eigenvalue weighted by atomic mass is 9.98. The lowest BCUT2D eigenvalue weighted by Crippen LogP contribution is -2.19. The maximum Gasteiger partial charge on any atom is 0.331 e. The summed E-state index contributed by atoms with van der Waals surface area (Å²) in [4.78, 5) is 11.9. The van der Waals surface area contributed by atoms with E-state index < -0.39 is 0 Å². The maximum atomic E-state index is 11.9. The number of ether oxygens (including phenoxy) is 1. The van der Waals surface area contributed by atoms with Gasteiger partial charge in [-0.3, -0.25) is 0 Å². The molecule has 0 spiro atoms. The predicted molar refractivity (Wildman–Crippen MR) is 98.6 cm³/mol. The van der Waals surface area contributed by atoms with Crippen molar-refractivity contribution in [1.29, 1.82) is 0 Å². The monoisotopic (exact) mass is 320 g/mol. The predicted octanol–water partition coefficient (Wildman–Crippen LogP) is 5.55. The first-order chi connectivity index (χ1) is 11.7. The molecular weight excluding hydrogens is 296 g/mol. The van der Waals surface area contributed by atoms with Gasteiger partial charge >= 0.3 is 5.97 Å². The molecule has 0 saturated heterocycles. The Morgan fingerprint density at radius 3 is 2.12 bits per heavy atom. The largest absolute Gasteiger partial charge is 0.459 e. The highest BCUT2D eigenvalue weighted by Gasteiger charge is 2.16. The van der Waals surface area contributed by atoms with Gasteiger partial charge in [-0.15, -0.1) is 0 Å². The van der Waals surface area contributed by atoms with Gasteiger partial charge < -0.3 is 4.74 Å². The van der Waals surface area contributed by atoms with Crippen LogP contribution in [0, 0.1) is 6.92 Å². The number of carbonyl (C=O) groups excluding carboxylic acids is 1. The van der Waals surface area contributed by atoms with E-state index in [1.807, 2.05) is 18.2 Å². The van der Waals surface area contributed by atoms with Crippen molar-refractivity contribution in [3.63, 3.8) is 0 Å². The minimum Gasteiger partial charge on any atom is -0.459 e. The summed E-state index contributed by atoms with van der Waals surface area (Å²) in [5.74, 6) is -0.232. The molecule has 0 radical (unpaired) electrons. The van der Waals surface area contributed by atoms with Gasteiger partial charge in [0.2, 0.25) is 0 Å². The summed E-state index contributed by atoms with van der Waals surface area (Å²) in [6.07, 6.45) is 9.08. The Kier molecular flexibility index (Phi) is 5.47. The average molecular weight is 320 g/mol. The van der Waals surface area contributed by atoms with E-state index >= 15 is 0 Å². The Hall–Kier alpha value is -2.35. The van der Waals surface area contributed by atoms with E-state index in [-0.39, 0.29) is 12.1 Å². The van der Waals surface area contributed by atoms with Gasteiger partial charge in [0.15, 0.2) is 0 Å². The fourth-order valence-corrected chi connectivity index (χ4v) is 3.08. The molecule has 0 N–H and O–H groups in total. The van der Waals surface area contributed by atoms with Crippen LogP contribution >= 0.6 is 0 Å². The van der Waals surface area contributed by atoms with Crippen molar-refractivity contribution < 1.29 is 9.53 Å². The summed E-state index contributed by atoms with van der Waals surface area (Å²) in [6, 6.07) is 16.7. The highest BCUT2D eigenvalue weighted by molar-refractivity contribution is 5.87. The molecule has 2 aromatic carbocycles. The summed E-state index contributed by atoms with van der Waals surface area (Å²) in [7, 11) is 0. The van der Waals surface area contributed by atoms with Crippen LogP contribution in [-0.4, -0.2) is 12.1 Å². The molecule has 2 heteroatoms. The third-order valence-corrected chi connectivity index (χ3v) is 4.54. The quantitative estimate of drug-likeness (QED) is 0.545. The number of carbonyl (C=O) groups is 1. The second-order valence-electron chi connectivity index (χ2n) is 6.52. The number of hydrogen-bond acceptors (Lipinski definition) is 2. The summed E-state index contributed by atoms with van der Waals surface area (Å²) in [5.41, 5.74) is 4.64. The molecule has 124 valence electrons. The van der Waals surface area contributed by atoms with Crippen molar-refractivity contribution in [2.75, 3.05) is 0 Å². The topological polar surface area (TPSA) is 26.3 Å². The van der Waals surface area contributed by atoms with E-state index in [9.17, 15) is 4.79 Å². The zero-order chi connectivity index (χ0) is 16.8. The zero-order valence-corrected chi connectivity index (χ0v) is 14.2. The van der Waals surface area contributed by atoms with Gasteiger partial charge in [-0.2, -0.15) is 0 Å². The van der Waals surface area contributed by atoms with Crippen LogP contribution in [0.15, 0.2) is 54.6 Å². The van der Waals surface area contributed by atoms with Crippen molar-refractivity contribution in [1.82, 2.24) is 0 Å². The van der Waals surface area contributed by atoms with Gasteiger partial charge in [-0.05, 0) is 55.4 Å². The first-order valence-electron chi connectivity index (χ1n) is 8.76. The van der Waals surface area contributed by atoms with Gasteiger partial charge in [0, 0.05) is 6.08 Å². The molecule has 0 atom stereocenters. The van der Waals surface area contributed by atoms with Gasteiger partial charge in [0.05, 0.1) is 0 Å². The van der Waals surface area contributed by atoms with E-state index in [1.54, 1.807) is 0 Å². The number of aryl methyl sites for hydroxylation is 1. The summed E-state index contributed by atoms with van der Waals surface area (Å²) < 4.78 is 5.49. The van der Waals surface area contributed by atoms with Crippen molar-refractivity contribution in [3.8, 4) is 11.1 Å². The van der Waals surface area contributed by atoms with Gasteiger partial charge in [0.1, 0.15) is 6.10 Å². The van der Waals surface area contributed by atoms with Crippen LogP contribution in [0.1, 0.15) is 43.2 Å². The Morgan fingerprint density at radius 1 is 0.917 bits per heavy atom. The maximum absolute atomic E-state index is 11.9. The average Bonchev–Trinajstić information content (AvgIpc) is 2.62. The molecule has 1 saturated carbocycles. The minimum absolute atomic E-state index is 0.111. The summed E-state index contributed by atoms with van der Waals surface area (Å²) in [5, 5.41) is 0. The van der Waals surface area contributed by atoms with Crippen LogP contribution in [0.25, 0.3) is 17.2 Å². The third kappa shape index (κ3) is 4.58. The Bertz CT molecular complexity index is 690. The van der Waals surface area contributed by atoms with Crippen molar-refractivity contribution in [3.05, 3.63) is 65.7 Å². The smallest absolute Gasteiger partial charge is 0.331 e. The molecular formula is C22H24O2. The molecule has 0 aliphatic heterocycles. The second-order valence-corrected chi connectivity index (χ2v) is 6.52. The van der Waals surface area contributed by atoms with E-state index in [2.05, 4.69) is 43.3 Å². The van der Waals surface area contributed by atoms with E-state index in [0.29, 0.717) is 0 Å². The molecule has 3 rings (SSSR count). The molecule has 1 aliphatic carbocycles. The molecule has 0 heterocycles. The van der Waals surface area contributed by atoms with Gasteiger partial charge in [0.25, 0.3) is 0 Å². The normalized spacial score (nSPS) is 15.5. The number of benzene rings is 2. The van der Waals surface area contributed by atoms with Gasteiger partial charge in [-0.25, -0.2) is 4.79 Å². The summed E-state index contributed by atoms with van der Waals surface area (Å²) >= 11 is 0. The van der Waals surface area contributed by atoms with Crippen LogP contribution < -0.4 is 0 Å². The van der Waals surface area contributed by atoms with E-state index in [4.69, 9.17) is 4.74 Å². The Balaban J connectivity index is 1.59. The van der Waals surface area contributed by atoms with Crippen LogP contribution in [0.5, 0.6) is 0 Å². The molecule has 0 aromatic heterocycles. The van der Waals surface area contributed by atoms with Crippen LogP contribution in [0.4, 0.5) is 0 Å².